The van der Waals surface area contributed by atoms with E-state index in [4.69, 9.17) is 4.74 Å². The predicted molar refractivity (Wildman–Crippen MR) is 138 cm³/mol. The minimum Gasteiger partial charge on any atom is -0.491 e. The maximum absolute atomic E-state index is 14.4. The van der Waals surface area contributed by atoms with E-state index in [-0.39, 0.29) is 29.6 Å². The van der Waals surface area contributed by atoms with Crippen LogP contribution in [0.15, 0.2) is 54.6 Å². The highest BCUT2D eigenvalue weighted by Gasteiger charge is 2.49. The Balaban J connectivity index is 1.52. The summed E-state index contributed by atoms with van der Waals surface area (Å²) >= 11 is 0. The van der Waals surface area contributed by atoms with Crippen molar-refractivity contribution in [2.45, 2.75) is 29.9 Å². The third-order valence-electron chi connectivity index (χ3n) is 7.02. The number of nitrogens with one attached hydrogen (secondary N) is 2. The first-order chi connectivity index (χ1) is 18.0. The minimum absolute atomic E-state index is 0.0412. The van der Waals surface area contributed by atoms with Crippen molar-refractivity contribution in [3.8, 4) is 5.75 Å². The normalized spacial score (nSPS) is 18.4. The summed E-state index contributed by atoms with van der Waals surface area (Å²) in [7, 11) is -4.47. The Kier molecular flexibility index (Phi) is 6.66. The first-order valence-corrected chi connectivity index (χ1v) is 13.6. The zero-order valence-corrected chi connectivity index (χ0v) is 21.2. The van der Waals surface area contributed by atoms with Crippen LogP contribution in [0.4, 0.5) is 14.5 Å². The van der Waals surface area contributed by atoms with Crippen molar-refractivity contribution < 1.29 is 36.8 Å². The fourth-order valence-corrected chi connectivity index (χ4v) is 6.18. The average Bonchev–Trinajstić information content (AvgIpc) is 3.65. The van der Waals surface area contributed by atoms with Crippen LogP contribution in [0.2, 0.25) is 0 Å². The van der Waals surface area contributed by atoms with E-state index in [0.29, 0.717) is 22.4 Å². The fourth-order valence-electron chi connectivity index (χ4n) is 4.94. The largest absolute Gasteiger partial charge is 0.491 e. The molecule has 2 aliphatic rings. The summed E-state index contributed by atoms with van der Waals surface area (Å²) in [5, 5.41) is 21.1. The lowest BCUT2D eigenvalue weighted by Gasteiger charge is -2.27. The Labute approximate surface area is 218 Å². The van der Waals surface area contributed by atoms with Gasteiger partial charge in [-0.1, -0.05) is 18.2 Å². The smallest absolute Gasteiger partial charge is 0.488 e. The van der Waals surface area contributed by atoms with Gasteiger partial charge in [0.1, 0.15) is 29.4 Å². The summed E-state index contributed by atoms with van der Waals surface area (Å²) in [6, 6.07) is 12.2. The number of anilines is 1. The van der Waals surface area contributed by atoms with Crippen LogP contribution in [-0.4, -0.2) is 45.1 Å². The highest BCUT2D eigenvalue weighted by Crippen LogP contribution is 2.50. The molecule has 1 aliphatic carbocycles. The molecular formula is C26H25BF2N2O6S. The first-order valence-electron chi connectivity index (χ1n) is 12.0. The Hall–Kier alpha value is -3.48. The highest BCUT2D eigenvalue weighted by atomic mass is 32.2. The molecule has 1 saturated carbocycles. The Bertz CT molecular complexity index is 1510. The van der Waals surface area contributed by atoms with Crippen LogP contribution in [0.3, 0.4) is 0 Å². The Morgan fingerprint density at radius 1 is 1.11 bits per heavy atom. The number of amides is 1. The Morgan fingerprint density at radius 2 is 1.82 bits per heavy atom. The molecule has 1 amide bonds. The summed E-state index contributed by atoms with van der Waals surface area (Å²) in [6.07, 6.45) is 1.70. The molecule has 4 N–H and O–H groups in total. The van der Waals surface area contributed by atoms with Crippen molar-refractivity contribution in [3.63, 3.8) is 0 Å². The number of hydrogen-bond donors (Lipinski definition) is 4. The van der Waals surface area contributed by atoms with Crippen molar-refractivity contribution in [1.82, 2.24) is 5.32 Å². The van der Waals surface area contributed by atoms with Gasteiger partial charge in [0, 0.05) is 12.6 Å². The van der Waals surface area contributed by atoms with Gasteiger partial charge >= 0.3 is 7.12 Å². The molecule has 0 aromatic heterocycles. The zero-order valence-electron chi connectivity index (χ0n) is 20.4. The van der Waals surface area contributed by atoms with Crippen LogP contribution >= 0.6 is 0 Å². The quantitative estimate of drug-likeness (QED) is 0.323. The molecule has 38 heavy (non-hydrogen) atoms. The number of sulfonamides is 1. The van der Waals surface area contributed by atoms with Gasteiger partial charge in [0.2, 0.25) is 15.9 Å². The van der Waals surface area contributed by atoms with Crippen LogP contribution < -0.4 is 20.2 Å². The molecule has 1 atom stereocenters. The molecule has 8 nitrogen and oxygen atoms in total. The van der Waals surface area contributed by atoms with E-state index < -0.39 is 39.9 Å². The SMILES string of the molecule is CNC(=O)C1(c2ccc(F)cc2)COc2cc(CS(=O)(=O)Nc3ccc(B(O)O)cc3F)c(C3CC3)cc21. The molecule has 1 aliphatic heterocycles. The highest BCUT2D eigenvalue weighted by molar-refractivity contribution is 7.91. The molecule has 198 valence electrons. The number of likely N-dealkylation sites (N-methyl/N-ethyl adjacent to an activating group) is 1. The van der Waals surface area contributed by atoms with Gasteiger partial charge in [-0.25, -0.2) is 17.2 Å². The lowest BCUT2D eigenvalue weighted by atomic mass is 9.74. The molecule has 1 unspecified atom stereocenters. The van der Waals surface area contributed by atoms with E-state index in [2.05, 4.69) is 10.0 Å². The third kappa shape index (κ3) is 4.75. The van der Waals surface area contributed by atoms with Crippen LogP contribution in [0.5, 0.6) is 5.75 Å². The van der Waals surface area contributed by atoms with E-state index in [1.54, 1.807) is 6.07 Å². The van der Waals surface area contributed by atoms with E-state index in [1.807, 2.05) is 6.07 Å². The molecule has 0 spiro atoms. The van der Waals surface area contributed by atoms with Crippen LogP contribution in [0.25, 0.3) is 0 Å². The van der Waals surface area contributed by atoms with Gasteiger partial charge in [-0.2, -0.15) is 0 Å². The van der Waals surface area contributed by atoms with Crippen molar-refractivity contribution in [2.24, 2.45) is 0 Å². The van der Waals surface area contributed by atoms with Crippen LogP contribution in [0.1, 0.15) is 41.0 Å². The van der Waals surface area contributed by atoms with Crippen molar-refractivity contribution in [2.75, 3.05) is 18.4 Å². The van der Waals surface area contributed by atoms with Gasteiger partial charge in [-0.15, -0.1) is 0 Å². The van der Waals surface area contributed by atoms with Gasteiger partial charge in [0.05, 0.1) is 11.4 Å². The predicted octanol–water partition coefficient (Wildman–Crippen LogP) is 1.89. The van der Waals surface area contributed by atoms with E-state index in [0.717, 1.165) is 30.5 Å². The fraction of sp³-hybridized carbons (Fsp3) is 0.269. The molecule has 5 rings (SSSR count). The molecule has 3 aromatic rings. The number of hydrogen-bond acceptors (Lipinski definition) is 6. The summed E-state index contributed by atoms with van der Waals surface area (Å²) in [4.78, 5) is 13.2. The maximum atomic E-state index is 14.4. The van der Waals surface area contributed by atoms with Gasteiger partial charge in [0.25, 0.3) is 0 Å². The monoisotopic (exact) mass is 542 g/mol. The standard InChI is InChI=1S/C26H25BF2N2O6S/c1-30-25(32)26(17-4-7-19(28)8-5-17)14-37-24-10-16(20(12-21(24)26)15-2-3-15)13-38(35,36)31-23-9-6-18(27(33)34)11-22(23)29/h4-12,15,31,33-34H,2-3,13-14H2,1H3,(H,30,32). The lowest BCUT2D eigenvalue weighted by molar-refractivity contribution is -0.125. The molecule has 12 heteroatoms. The average molecular weight is 542 g/mol. The topological polar surface area (TPSA) is 125 Å². The number of rotatable bonds is 8. The van der Waals surface area contributed by atoms with Crippen molar-refractivity contribution in [3.05, 3.63) is 88.5 Å². The van der Waals surface area contributed by atoms with E-state index in [1.165, 1.54) is 37.4 Å². The third-order valence-corrected chi connectivity index (χ3v) is 8.24. The summed E-state index contributed by atoms with van der Waals surface area (Å²) in [6.45, 7) is -0.0412. The molecule has 0 bridgehead atoms. The Morgan fingerprint density at radius 3 is 2.42 bits per heavy atom. The summed E-state index contributed by atoms with van der Waals surface area (Å²) in [5.41, 5.74) is 0.672. The molecule has 0 radical (unpaired) electrons. The number of halogens is 2. The molecule has 0 saturated heterocycles. The minimum atomic E-state index is -4.09. The van der Waals surface area contributed by atoms with Crippen LogP contribution in [-0.2, 0) is 26.0 Å². The van der Waals surface area contributed by atoms with Gasteiger partial charge < -0.3 is 20.1 Å². The number of benzene rings is 3. The second-order valence-corrected chi connectivity index (χ2v) is 11.3. The van der Waals surface area contributed by atoms with Gasteiger partial charge in [-0.05, 0) is 77.3 Å². The maximum Gasteiger partial charge on any atom is 0.488 e. The summed E-state index contributed by atoms with van der Waals surface area (Å²) < 4.78 is 62.3. The van der Waals surface area contributed by atoms with Gasteiger partial charge in [-0.3, -0.25) is 9.52 Å². The zero-order chi connectivity index (χ0) is 27.2. The second-order valence-electron chi connectivity index (χ2n) is 9.58. The molecular weight excluding hydrogens is 517 g/mol. The first kappa shape index (κ1) is 26.1. The number of carbonyl (C=O) groups excluding carboxylic acids is 1. The molecule has 1 fully saturated rings. The molecule has 1 heterocycles. The molecule has 3 aromatic carbocycles. The lowest BCUT2D eigenvalue weighted by Crippen LogP contribution is -2.45. The number of fused-ring (bicyclic) bond motifs is 1. The van der Waals surface area contributed by atoms with Crippen molar-refractivity contribution >= 4 is 34.2 Å². The van der Waals surface area contributed by atoms with Gasteiger partial charge in [0.15, 0.2) is 0 Å². The number of carbonyl (C=O) groups is 1. The second kappa shape index (κ2) is 9.68. The summed E-state index contributed by atoms with van der Waals surface area (Å²) in [5.74, 6) is -1.75. The van der Waals surface area contributed by atoms with E-state index in [9.17, 15) is 32.0 Å². The van der Waals surface area contributed by atoms with Crippen molar-refractivity contribution in [1.29, 1.82) is 0 Å². The number of ether oxygens (including phenoxy) is 1. The van der Waals surface area contributed by atoms with Crippen LogP contribution in [0, 0.1) is 11.6 Å². The van der Waals surface area contributed by atoms with E-state index >= 15 is 0 Å².